The van der Waals surface area contributed by atoms with Gasteiger partial charge in [-0.25, -0.2) is 8.42 Å². The molecule has 0 bridgehead atoms. The minimum Gasteiger partial charge on any atom is -0.454 e. The van der Waals surface area contributed by atoms with Crippen LogP contribution in [0.15, 0.2) is 18.2 Å². The maximum absolute atomic E-state index is 12.3. The van der Waals surface area contributed by atoms with Gasteiger partial charge in [0.25, 0.3) is 5.91 Å². The maximum Gasteiger partial charge on any atom is 0.324 e. The molecular formula is C17H23ClN2O5S. The molecule has 2 rings (SSSR count). The number of ether oxygens (including phenoxy) is 1. The predicted molar refractivity (Wildman–Crippen MR) is 99.6 cm³/mol. The largest absolute Gasteiger partial charge is 0.454 e. The Labute approximate surface area is 158 Å². The molecule has 0 aromatic heterocycles. The van der Waals surface area contributed by atoms with Crippen molar-refractivity contribution in [3.05, 3.63) is 28.8 Å². The van der Waals surface area contributed by atoms with Crippen LogP contribution in [0.25, 0.3) is 0 Å². The topological polar surface area (TPSA) is 92.8 Å². The van der Waals surface area contributed by atoms with Gasteiger partial charge in [-0.2, -0.15) is 4.31 Å². The van der Waals surface area contributed by atoms with Gasteiger partial charge < -0.3 is 10.1 Å². The molecule has 7 nitrogen and oxygen atoms in total. The highest BCUT2D eigenvalue weighted by molar-refractivity contribution is 7.89. The van der Waals surface area contributed by atoms with Crippen molar-refractivity contribution in [1.29, 1.82) is 0 Å². The lowest BCUT2D eigenvalue weighted by Crippen LogP contribution is -2.43. The monoisotopic (exact) mass is 402 g/mol. The van der Waals surface area contributed by atoms with Gasteiger partial charge in [-0.1, -0.05) is 24.6 Å². The lowest BCUT2D eigenvalue weighted by atomic mass is 10.2. The fraction of sp³-hybridized carbons (Fsp3) is 0.529. The van der Waals surface area contributed by atoms with Gasteiger partial charge in [0, 0.05) is 17.3 Å². The van der Waals surface area contributed by atoms with Gasteiger partial charge in [-0.05, 0) is 43.9 Å². The quantitative estimate of drug-likeness (QED) is 0.706. The molecule has 1 fully saturated rings. The highest BCUT2D eigenvalue weighted by Gasteiger charge is 2.39. The number of anilines is 1. The number of carbonyl (C=O) groups is 2. The van der Waals surface area contributed by atoms with Gasteiger partial charge >= 0.3 is 5.97 Å². The van der Waals surface area contributed by atoms with E-state index in [1.165, 1.54) is 4.31 Å². The summed E-state index contributed by atoms with van der Waals surface area (Å²) in [5.74, 6) is -1.21. The molecule has 26 heavy (non-hydrogen) atoms. The number of benzene rings is 1. The zero-order valence-electron chi connectivity index (χ0n) is 14.8. The van der Waals surface area contributed by atoms with E-state index in [-0.39, 0.29) is 5.75 Å². The number of rotatable bonds is 7. The van der Waals surface area contributed by atoms with Crippen molar-refractivity contribution >= 4 is 39.2 Å². The number of hydrogen-bond donors (Lipinski definition) is 1. The Morgan fingerprint density at radius 1 is 1.38 bits per heavy atom. The van der Waals surface area contributed by atoms with E-state index >= 15 is 0 Å². The number of hydrogen-bond acceptors (Lipinski definition) is 5. The summed E-state index contributed by atoms with van der Waals surface area (Å²) in [6.07, 6.45) is 1.47. The van der Waals surface area contributed by atoms with Gasteiger partial charge in [-0.3, -0.25) is 9.59 Å². The summed E-state index contributed by atoms with van der Waals surface area (Å²) in [5, 5.41) is 3.14. The van der Waals surface area contributed by atoms with Crippen molar-refractivity contribution in [3.8, 4) is 0 Å². The van der Waals surface area contributed by atoms with E-state index < -0.39 is 34.5 Å². The van der Waals surface area contributed by atoms with Crippen molar-refractivity contribution in [3.63, 3.8) is 0 Å². The number of esters is 1. The Morgan fingerprint density at radius 3 is 2.81 bits per heavy atom. The summed E-state index contributed by atoms with van der Waals surface area (Å²) >= 11 is 6.00. The first-order chi connectivity index (χ1) is 12.3. The molecule has 1 saturated heterocycles. The van der Waals surface area contributed by atoms with E-state index in [0.717, 1.165) is 0 Å². The van der Waals surface area contributed by atoms with Crippen LogP contribution in [0.3, 0.4) is 0 Å². The molecule has 1 atom stereocenters. The Morgan fingerprint density at radius 2 is 2.12 bits per heavy atom. The van der Waals surface area contributed by atoms with Crippen LogP contribution < -0.4 is 5.32 Å². The number of halogens is 1. The number of nitrogens with zero attached hydrogens (tertiary/aromatic N) is 1. The first kappa shape index (κ1) is 20.7. The SMILES string of the molecule is CCCS(=O)(=O)N1CCCC1C(=O)OCC(=O)Nc1cccc(Cl)c1C. The fourth-order valence-corrected chi connectivity index (χ4v) is 4.76. The molecule has 1 aromatic rings. The zero-order valence-corrected chi connectivity index (χ0v) is 16.4. The minimum absolute atomic E-state index is 0.00862. The summed E-state index contributed by atoms with van der Waals surface area (Å²) < 4.78 is 30.7. The van der Waals surface area contributed by atoms with Crippen molar-refractivity contribution in [2.24, 2.45) is 0 Å². The summed E-state index contributed by atoms with van der Waals surface area (Å²) in [6.45, 7) is 3.35. The van der Waals surface area contributed by atoms with E-state index in [0.29, 0.717) is 42.1 Å². The second kappa shape index (κ2) is 8.83. The summed E-state index contributed by atoms with van der Waals surface area (Å²) in [4.78, 5) is 24.3. The van der Waals surface area contributed by atoms with Crippen LogP contribution in [0.1, 0.15) is 31.7 Å². The van der Waals surface area contributed by atoms with E-state index in [1.807, 2.05) is 0 Å². The fourth-order valence-electron chi connectivity index (χ4n) is 2.85. The van der Waals surface area contributed by atoms with E-state index in [1.54, 1.807) is 32.0 Å². The molecule has 0 radical (unpaired) electrons. The Hall–Kier alpha value is -1.64. The molecule has 0 aliphatic carbocycles. The van der Waals surface area contributed by atoms with Crippen LogP contribution in [0, 0.1) is 6.92 Å². The average Bonchev–Trinajstić information content (AvgIpc) is 3.07. The molecule has 1 heterocycles. The number of amides is 1. The number of sulfonamides is 1. The smallest absolute Gasteiger partial charge is 0.324 e. The summed E-state index contributed by atoms with van der Waals surface area (Å²) in [7, 11) is -3.48. The maximum atomic E-state index is 12.3. The molecule has 1 aromatic carbocycles. The highest BCUT2D eigenvalue weighted by Crippen LogP contribution is 2.24. The molecular weight excluding hydrogens is 380 g/mol. The van der Waals surface area contributed by atoms with Crippen LogP contribution in [0.4, 0.5) is 5.69 Å². The molecule has 1 aliphatic rings. The van der Waals surface area contributed by atoms with E-state index in [4.69, 9.17) is 16.3 Å². The standard InChI is InChI=1S/C17H23ClN2O5S/c1-3-10-26(23,24)20-9-5-8-15(20)17(22)25-11-16(21)19-14-7-4-6-13(18)12(14)2/h4,6-7,15H,3,5,8-11H2,1-2H3,(H,19,21). The molecule has 1 amide bonds. The van der Waals surface area contributed by atoms with E-state index in [2.05, 4.69) is 5.32 Å². The predicted octanol–water partition coefficient (Wildman–Crippen LogP) is 2.33. The highest BCUT2D eigenvalue weighted by atomic mass is 35.5. The molecule has 1 unspecified atom stereocenters. The summed E-state index contributed by atoms with van der Waals surface area (Å²) in [5.41, 5.74) is 1.24. The lowest BCUT2D eigenvalue weighted by molar-refractivity contribution is -0.150. The summed E-state index contributed by atoms with van der Waals surface area (Å²) in [6, 6.07) is 4.24. The number of nitrogens with one attached hydrogen (secondary N) is 1. The third-order valence-electron chi connectivity index (χ3n) is 4.18. The molecule has 1 N–H and O–H groups in total. The van der Waals surface area contributed by atoms with Gasteiger partial charge in [0.2, 0.25) is 10.0 Å². The third kappa shape index (κ3) is 4.96. The van der Waals surface area contributed by atoms with Crippen molar-refractivity contribution < 1.29 is 22.7 Å². The first-order valence-electron chi connectivity index (χ1n) is 8.47. The molecule has 9 heteroatoms. The van der Waals surface area contributed by atoms with Gasteiger partial charge in [0.05, 0.1) is 5.75 Å². The first-order valence-corrected chi connectivity index (χ1v) is 10.5. The van der Waals surface area contributed by atoms with E-state index in [9.17, 15) is 18.0 Å². The van der Waals surface area contributed by atoms with Crippen LogP contribution in [0.5, 0.6) is 0 Å². The number of carbonyl (C=O) groups excluding carboxylic acids is 2. The lowest BCUT2D eigenvalue weighted by Gasteiger charge is -2.22. The van der Waals surface area contributed by atoms with Crippen molar-refractivity contribution in [1.82, 2.24) is 4.31 Å². The van der Waals surface area contributed by atoms with Crippen LogP contribution in [0.2, 0.25) is 5.02 Å². The van der Waals surface area contributed by atoms with Crippen LogP contribution in [-0.2, 0) is 24.3 Å². The molecule has 144 valence electrons. The normalized spacial score (nSPS) is 17.9. The van der Waals surface area contributed by atoms with Crippen LogP contribution >= 0.6 is 11.6 Å². The van der Waals surface area contributed by atoms with Crippen molar-refractivity contribution in [2.45, 2.75) is 39.2 Å². The second-order valence-electron chi connectivity index (χ2n) is 6.15. The second-order valence-corrected chi connectivity index (χ2v) is 8.60. The Balaban J connectivity index is 1.93. The third-order valence-corrected chi connectivity index (χ3v) is 6.67. The molecule has 0 saturated carbocycles. The molecule has 1 aliphatic heterocycles. The Kier molecular flexibility index (Phi) is 7.02. The van der Waals surface area contributed by atoms with Gasteiger partial charge in [-0.15, -0.1) is 0 Å². The van der Waals surface area contributed by atoms with Crippen molar-refractivity contribution in [2.75, 3.05) is 24.2 Å². The zero-order chi connectivity index (χ0) is 19.3. The Bertz CT molecular complexity index is 781. The van der Waals surface area contributed by atoms with Crippen LogP contribution in [-0.4, -0.2) is 49.5 Å². The molecule has 0 spiro atoms. The van der Waals surface area contributed by atoms with Gasteiger partial charge in [0.1, 0.15) is 6.04 Å². The minimum atomic E-state index is -3.48. The average molecular weight is 403 g/mol. The van der Waals surface area contributed by atoms with Gasteiger partial charge in [0.15, 0.2) is 6.61 Å².